The van der Waals surface area contributed by atoms with Crippen LogP contribution < -0.4 is 14.8 Å². The van der Waals surface area contributed by atoms with Crippen molar-refractivity contribution >= 4 is 21.6 Å². The Morgan fingerprint density at radius 1 is 0.935 bits per heavy atom. The fraction of sp³-hybridized carbons (Fsp3) is 0.208. The number of anilines is 1. The number of carbonyl (C=O) groups is 1. The molecule has 0 aliphatic rings. The van der Waals surface area contributed by atoms with E-state index in [0.29, 0.717) is 30.2 Å². The summed E-state index contributed by atoms with van der Waals surface area (Å²) >= 11 is 0. The maximum absolute atomic E-state index is 12.6. The van der Waals surface area contributed by atoms with Gasteiger partial charge in [0.15, 0.2) is 0 Å². The predicted octanol–water partition coefficient (Wildman–Crippen LogP) is 4.25. The molecule has 7 heteroatoms. The molecule has 0 saturated heterocycles. The Kier molecular flexibility index (Phi) is 7.67. The summed E-state index contributed by atoms with van der Waals surface area (Å²) in [5, 5.41) is 2.88. The van der Waals surface area contributed by atoms with Crippen LogP contribution >= 0.6 is 0 Å². The number of carbonyl (C=O) groups excluding carboxylic acids is 1. The van der Waals surface area contributed by atoms with Crippen LogP contribution in [0, 0.1) is 0 Å². The lowest BCUT2D eigenvalue weighted by atomic mass is 10.1. The van der Waals surface area contributed by atoms with Crippen LogP contribution in [-0.4, -0.2) is 27.5 Å². The third-order valence-corrected chi connectivity index (χ3v) is 5.99. The molecule has 3 aromatic rings. The second kappa shape index (κ2) is 10.6. The van der Waals surface area contributed by atoms with E-state index >= 15 is 0 Å². The lowest BCUT2D eigenvalue weighted by Gasteiger charge is -2.11. The molecule has 31 heavy (non-hydrogen) atoms. The molecule has 6 nitrogen and oxygen atoms in total. The largest absolute Gasteiger partial charge is 0.494 e. The average Bonchev–Trinajstić information content (AvgIpc) is 2.78. The third kappa shape index (κ3) is 6.58. The summed E-state index contributed by atoms with van der Waals surface area (Å²) in [4.78, 5) is 12.6. The normalized spacial score (nSPS) is 11.0. The Labute approximate surface area is 183 Å². The second-order valence-corrected chi connectivity index (χ2v) is 8.62. The highest BCUT2D eigenvalue weighted by atomic mass is 32.2. The van der Waals surface area contributed by atoms with E-state index in [2.05, 4.69) is 22.2 Å². The molecule has 0 radical (unpaired) electrons. The Hall–Kier alpha value is -3.32. The number of hydrogen-bond donors (Lipinski definition) is 2. The van der Waals surface area contributed by atoms with Crippen molar-refractivity contribution in [3.05, 3.63) is 90.0 Å². The minimum atomic E-state index is -3.78. The summed E-state index contributed by atoms with van der Waals surface area (Å²) in [6.07, 6.45) is 1.70. The molecule has 0 atom stereocenters. The van der Waals surface area contributed by atoms with E-state index in [1.807, 2.05) is 25.1 Å². The van der Waals surface area contributed by atoms with Crippen LogP contribution in [0.1, 0.15) is 29.3 Å². The topological polar surface area (TPSA) is 84.5 Å². The van der Waals surface area contributed by atoms with Crippen molar-refractivity contribution in [2.75, 3.05) is 17.9 Å². The summed E-state index contributed by atoms with van der Waals surface area (Å²) < 4.78 is 33.2. The van der Waals surface area contributed by atoms with Crippen molar-refractivity contribution in [2.24, 2.45) is 0 Å². The van der Waals surface area contributed by atoms with Crippen LogP contribution in [0.2, 0.25) is 0 Å². The number of aryl methyl sites for hydroxylation is 1. The molecule has 0 aromatic heterocycles. The number of ether oxygens (including phenoxy) is 1. The van der Waals surface area contributed by atoms with Crippen LogP contribution in [0.5, 0.6) is 5.75 Å². The minimum absolute atomic E-state index is 0.117. The first kappa shape index (κ1) is 22.4. The fourth-order valence-corrected chi connectivity index (χ4v) is 4.11. The zero-order valence-electron chi connectivity index (χ0n) is 17.4. The standard InChI is InChI=1S/C24H26N2O4S/c1-2-30-22-13-15-23(16-14-22)31(28,29)26-21-12-6-11-20(18-21)24(27)25-17-7-10-19-8-4-3-5-9-19/h3-6,8-9,11-16,18,26H,2,7,10,17H2,1H3,(H,25,27). The maximum atomic E-state index is 12.6. The Balaban J connectivity index is 1.58. The Morgan fingerprint density at radius 2 is 1.68 bits per heavy atom. The molecule has 0 heterocycles. The lowest BCUT2D eigenvalue weighted by Crippen LogP contribution is -2.25. The number of sulfonamides is 1. The first-order chi connectivity index (χ1) is 15.0. The van der Waals surface area contributed by atoms with E-state index in [0.717, 1.165) is 12.8 Å². The number of rotatable bonds is 10. The van der Waals surface area contributed by atoms with Gasteiger partial charge in [-0.2, -0.15) is 0 Å². The lowest BCUT2D eigenvalue weighted by molar-refractivity contribution is 0.0953. The van der Waals surface area contributed by atoms with Crippen molar-refractivity contribution in [3.63, 3.8) is 0 Å². The van der Waals surface area contributed by atoms with Gasteiger partial charge >= 0.3 is 0 Å². The molecule has 0 bridgehead atoms. The van der Waals surface area contributed by atoms with E-state index in [-0.39, 0.29) is 10.8 Å². The zero-order valence-corrected chi connectivity index (χ0v) is 18.2. The van der Waals surface area contributed by atoms with Crippen LogP contribution in [0.15, 0.2) is 83.8 Å². The average molecular weight is 439 g/mol. The molecule has 0 fully saturated rings. The Morgan fingerprint density at radius 3 is 2.39 bits per heavy atom. The Bertz CT molecular complexity index is 1100. The van der Waals surface area contributed by atoms with Crippen LogP contribution in [0.3, 0.4) is 0 Å². The smallest absolute Gasteiger partial charge is 0.261 e. The van der Waals surface area contributed by atoms with E-state index in [1.54, 1.807) is 30.3 Å². The summed E-state index contributed by atoms with van der Waals surface area (Å²) in [7, 11) is -3.78. The summed E-state index contributed by atoms with van der Waals surface area (Å²) in [6, 6.07) is 22.7. The van der Waals surface area contributed by atoms with Gasteiger partial charge in [0.05, 0.1) is 11.5 Å². The van der Waals surface area contributed by atoms with Gasteiger partial charge in [0, 0.05) is 17.8 Å². The maximum Gasteiger partial charge on any atom is 0.261 e. The first-order valence-electron chi connectivity index (χ1n) is 10.2. The van der Waals surface area contributed by atoms with Crippen molar-refractivity contribution in [2.45, 2.75) is 24.7 Å². The summed E-state index contributed by atoms with van der Waals surface area (Å²) in [5.41, 5.74) is 1.94. The van der Waals surface area contributed by atoms with Crippen molar-refractivity contribution in [3.8, 4) is 5.75 Å². The highest BCUT2D eigenvalue weighted by Gasteiger charge is 2.15. The van der Waals surface area contributed by atoms with Crippen LogP contribution in [0.4, 0.5) is 5.69 Å². The van der Waals surface area contributed by atoms with Crippen molar-refractivity contribution in [1.29, 1.82) is 0 Å². The SMILES string of the molecule is CCOc1ccc(S(=O)(=O)Nc2cccc(C(=O)NCCCc3ccccc3)c2)cc1. The van der Waals surface area contributed by atoms with Gasteiger partial charge in [-0.15, -0.1) is 0 Å². The molecule has 0 spiro atoms. The van der Waals surface area contributed by atoms with Gasteiger partial charge < -0.3 is 10.1 Å². The summed E-state index contributed by atoms with van der Waals surface area (Å²) in [6.45, 7) is 2.90. The highest BCUT2D eigenvalue weighted by Crippen LogP contribution is 2.20. The molecule has 0 unspecified atom stereocenters. The molecule has 1 amide bonds. The van der Waals surface area contributed by atoms with E-state index in [9.17, 15) is 13.2 Å². The zero-order chi connectivity index (χ0) is 22.1. The molecule has 0 aliphatic heterocycles. The summed E-state index contributed by atoms with van der Waals surface area (Å²) in [5.74, 6) is 0.363. The quantitative estimate of drug-likeness (QED) is 0.464. The molecular weight excluding hydrogens is 412 g/mol. The molecule has 0 aliphatic carbocycles. The van der Waals surface area contributed by atoms with Gasteiger partial charge in [0.1, 0.15) is 5.75 Å². The predicted molar refractivity (Wildman–Crippen MR) is 122 cm³/mol. The van der Waals surface area contributed by atoms with Gasteiger partial charge in [-0.05, 0) is 67.8 Å². The van der Waals surface area contributed by atoms with E-state index in [1.165, 1.54) is 23.8 Å². The molecule has 162 valence electrons. The van der Waals surface area contributed by atoms with E-state index < -0.39 is 10.0 Å². The number of benzene rings is 3. The van der Waals surface area contributed by atoms with Crippen LogP contribution in [-0.2, 0) is 16.4 Å². The van der Waals surface area contributed by atoms with Crippen molar-refractivity contribution < 1.29 is 17.9 Å². The molecular formula is C24H26N2O4S. The highest BCUT2D eigenvalue weighted by molar-refractivity contribution is 7.92. The number of nitrogens with one attached hydrogen (secondary N) is 2. The minimum Gasteiger partial charge on any atom is -0.494 e. The molecule has 2 N–H and O–H groups in total. The van der Waals surface area contributed by atoms with Gasteiger partial charge in [0.2, 0.25) is 0 Å². The monoisotopic (exact) mass is 438 g/mol. The van der Waals surface area contributed by atoms with Gasteiger partial charge in [-0.1, -0.05) is 36.4 Å². The fourth-order valence-electron chi connectivity index (χ4n) is 3.06. The van der Waals surface area contributed by atoms with Crippen molar-refractivity contribution in [1.82, 2.24) is 5.32 Å². The first-order valence-corrected chi connectivity index (χ1v) is 11.6. The van der Waals surface area contributed by atoms with Gasteiger partial charge in [-0.25, -0.2) is 8.42 Å². The molecule has 0 saturated carbocycles. The number of hydrogen-bond acceptors (Lipinski definition) is 4. The molecule has 3 aromatic carbocycles. The van der Waals surface area contributed by atoms with E-state index in [4.69, 9.17) is 4.74 Å². The second-order valence-electron chi connectivity index (χ2n) is 6.94. The van der Waals surface area contributed by atoms with Gasteiger partial charge in [0.25, 0.3) is 15.9 Å². The third-order valence-electron chi connectivity index (χ3n) is 4.59. The van der Waals surface area contributed by atoms with Crippen LogP contribution in [0.25, 0.3) is 0 Å². The molecule has 3 rings (SSSR count). The number of amides is 1. The van der Waals surface area contributed by atoms with Gasteiger partial charge in [-0.3, -0.25) is 9.52 Å².